The maximum absolute atomic E-state index is 13.5. The fourth-order valence-corrected chi connectivity index (χ4v) is 10.7. The van der Waals surface area contributed by atoms with Gasteiger partial charge in [-0.15, -0.1) is 0 Å². The third-order valence-corrected chi connectivity index (χ3v) is 14.4. The standard InChI is InChI=1S/C53H71BrN2O13/c1-31(14-15-36(27-57)9-8-16-54)19-44(60)47-21-37(28-58)25-53(62,69-47)26-49-55-38(29-63-49)20-33(3)51-35(5)52-34(4)45(67-51)11-7-12-48-56-43(30-64-48)46-23-39(59)22-42(66-46)24-41-18-32(2)17-40(65-41)10-6-13-50(61)68-52/h6-8,12-16,19-20,29-30,34-37,39-42,44-47,51-52,57-60,62H,2,9-11,17-18,21-28H2,1,3-5H3/b12-7+,13-6-,15-14+,16-8+,31-19+,33-20+/t34-,35-,36+,37+,39+,40-,41+,42-,44+,45+,46+,47+,51?,52-,53-/m0/s1. The number of nitrogens with zero attached hydrogens (tertiary/aromatic N) is 2. The Hall–Kier alpha value is -3.81. The molecular weight excluding hydrogens is 952 g/mol. The molecule has 7 rings (SSSR count). The monoisotopic (exact) mass is 1020 g/mol. The highest BCUT2D eigenvalue weighted by molar-refractivity contribution is 9.11. The second-order valence-corrected chi connectivity index (χ2v) is 20.4. The number of aliphatic hydroxyl groups excluding tert-OH is 4. The van der Waals surface area contributed by atoms with E-state index in [1.165, 1.54) is 12.3 Å². The first-order valence-electron chi connectivity index (χ1n) is 24.4. The number of ether oxygens (including phenoxy) is 5. The number of carbonyl (C=O) groups is 1. The number of aromatic nitrogens is 2. The third-order valence-electron chi connectivity index (χ3n) is 14.0. The summed E-state index contributed by atoms with van der Waals surface area (Å²) in [6, 6.07) is 0. The van der Waals surface area contributed by atoms with E-state index in [2.05, 4.69) is 27.5 Å². The Kier molecular flexibility index (Phi) is 18.9. The number of hydrogen-bond acceptors (Lipinski definition) is 15. The highest BCUT2D eigenvalue weighted by atomic mass is 79.9. The maximum atomic E-state index is 13.5. The second-order valence-electron chi connectivity index (χ2n) is 19.9. The summed E-state index contributed by atoms with van der Waals surface area (Å²) in [5, 5.41) is 53.7. The van der Waals surface area contributed by atoms with Crippen molar-refractivity contribution in [3.8, 4) is 0 Å². The van der Waals surface area contributed by atoms with Gasteiger partial charge in [-0.1, -0.05) is 84.0 Å². The van der Waals surface area contributed by atoms with Crippen LogP contribution in [0.4, 0.5) is 0 Å². The second kappa shape index (κ2) is 24.5. The van der Waals surface area contributed by atoms with Crippen LogP contribution in [0.25, 0.3) is 12.2 Å². The number of aliphatic hydroxyl groups is 5. The molecule has 0 aliphatic carbocycles. The van der Waals surface area contributed by atoms with Gasteiger partial charge in [0.2, 0.25) is 5.89 Å². The van der Waals surface area contributed by atoms with E-state index in [1.807, 2.05) is 64.2 Å². The molecule has 0 spiro atoms. The van der Waals surface area contributed by atoms with E-state index in [-0.39, 0.29) is 80.0 Å². The van der Waals surface area contributed by atoms with E-state index in [4.69, 9.17) is 37.5 Å². The van der Waals surface area contributed by atoms with Crippen LogP contribution in [0.2, 0.25) is 0 Å². The molecule has 5 aliphatic rings. The van der Waals surface area contributed by atoms with Crippen molar-refractivity contribution < 1.29 is 62.8 Å². The Labute approximate surface area is 413 Å². The molecule has 8 bridgehead atoms. The third kappa shape index (κ3) is 14.6. The first kappa shape index (κ1) is 53.0. The van der Waals surface area contributed by atoms with E-state index in [0.717, 1.165) is 16.7 Å². The average Bonchev–Trinajstić information content (AvgIpc) is 3.96. The minimum absolute atomic E-state index is 0.0203. The normalized spacial score (nSPS) is 36.1. The summed E-state index contributed by atoms with van der Waals surface area (Å²) < 4.78 is 43.9. The number of esters is 1. The van der Waals surface area contributed by atoms with Crippen molar-refractivity contribution >= 4 is 34.1 Å². The molecule has 5 N–H and O–H groups in total. The van der Waals surface area contributed by atoms with E-state index in [9.17, 15) is 30.3 Å². The minimum atomic E-state index is -1.78. The lowest BCUT2D eigenvalue weighted by Crippen LogP contribution is -2.50. The number of allylic oxidation sites excluding steroid dienone is 3. The first-order valence-corrected chi connectivity index (χ1v) is 25.4. The maximum Gasteiger partial charge on any atom is 0.330 e. The number of halogens is 1. The Morgan fingerprint density at radius 3 is 2.55 bits per heavy atom. The SMILES string of the molecule is C=C1C[C@@H]2C[C@@H]3C[C@@H](O)C[C@@H](O3)c3coc(n3)/C=C/C[C@H]3OC(/C(C)=C/c4coc(C[C@]5(O)C[C@H](CO)C[C@H]([C@H](O)/C=C(C)/C=C/[C@H](CO)C/C=C/Br)O5)n4)[C@H](C)[C@@H](OC(=O)/C=C\C[C@@H](C1)O2)[C@H]3C. The number of fused-ring (bicyclic) bond motifs is 9. The molecule has 4 fully saturated rings. The van der Waals surface area contributed by atoms with Crippen LogP contribution in [0.1, 0.15) is 121 Å². The van der Waals surface area contributed by atoms with Crippen LogP contribution in [0, 0.1) is 23.7 Å². The predicted octanol–water partition coefficient (Wildman–Crippen LogP) is 7.94. The van der Waals surface area contributed by atoms with E-state index < -0.39 is 48.4 Å². The van der Waals surface area contributed by atoms with Crippen LogP contribution in [0.5, 0.6) is 0 Å². The molecular formula is C53H71BrN2O13. The topological polar surface area (TPSA) is 216 Å². The highest BCUT2D eigenvalue weighted by Crippen LogP contribution is 2.40. The van der Waals surface area contributed by atoms with Gasteiger partial charge in [-0.05, 0) is 87.4 Å². The van der Waals surface area contributed by atoms with Crippen molar-refractivity contribution in [3.63, 3.8) is 0 Å². The zero-order valence-corrected chi connectivity index (χ0v) is 41.8. The number of oxazole rings is 2. The Morgan fingerprint density at radius 2 is 1.77 bits per heavy atom. The fourth-order valence-electron chi connectivity index (χ4n) is 10.5. The summed E-state index contributed by atoms with van der Waals surface area (Å²) in [6.07, 6.45) is 19.3. The highest BCUT2D eigenvalue weighted by Gasteiger charge is 2.45. The molecule has 1 unspecified atom stereocenters. The van der Waals surface area contributed by atoms with Crippen molar-refractivity contribution in [3.05, 3.63) is 107 Å². The van der Waals surface area contributed by atoms with Gasteiger partial charge >= 0.3 is 5.97 Å². The molecule has 0 radical (unpaired) electrons. The van der Waals surface area contributed by atoms with E-state index in [1.54, 1.807) is 23.4 Å². The van der Waals surface area contributed by atoms with Crippen LogP contribution < -0.4 is 0 Å². The van der Waals surface area contributed by atoms with Crippen molar-refractivity contribution in [1.29, 1.82) is 0 Å². The smallest absolute Gasteiger partial charge is 0.330 e. The van der Waals surface area contributed by atoms with Crippen LogP contribution in [0.3, 0.4) is 0 Å². The lowest BCUT2D eigenvalue weighted by molar-refractivity contribution is -0.279. The molecule has 15 nitrogen and oxygen atoms in total. The summed E-state index contributed by atoms with van der Waals surface area (Å²) in [6.45, 7) is 11.9. The van der Waals surface area contributed by atoms with Crippen LogP contribution in [0.15, 0.2) is 92.2 Å². The summed E-state index contributed by atoms with van der Waals surface area (Å²) in [7, 11) is 0. The van der Waals surface area contributed by atoms with Gasteiger partial charge in [0.25, 0.3) is 0 Å². The summed E-state index contributed by atoms with van der Waals surface area (Å²) in [4.78, 5) is 24.7. The predicted molar refractivity (Wildman–Crippen MR) is 261 cm³/mol. The Bertz CT molecular complexity index is 2210. The Balaban J connectivity index is 1.06. The molecule has 0 saturated carbocycles. The molecule has 69 heavy (non-hydrogen) atoms. The van der Waals surface area contributed by atoms with Gasteiger partial charge in [0, 0.05) is 56.3 Å². The molecule has 0 aromatic carbocycles. The lowest BCUT2D eigenvalue weighted by atomic mass is 9.79. The van der Waals surface area contributed by atoms with Gasteiger partial charge in [-0.25, -0.2) is 14.8 Å². The number of hydrogen-bond donors (Lipinski definition) is 5. The minimum Gasteiger partial charge on any atom is -0.458 e. The van der Waals surface area contributed by atoms with Crippen molar-refractivity contribution in [2.45, 2.75) is 165 Å². The van der Waals surface area contributed by atoms with Crippen LogP contribution in [-0.2, 0) is 34.9 Å². The van der Waals surface area contributed by atoms with Gasteiger partial charge in [-0.2, -0.15) is 0 Å². The zero-order valence-electron chi connectivity index (χ0n) is 40.2. The molecule has 2 aromatic rings. The molecule has 15 atom stereocenters. The molecule has 2 aromatic heterocycles. The number of carbonyl (C=O) groups excluding carboxylic acids is 1. The van der Waals surface area contributed by atoms with Gasteiger partial charge in [0.1, 0.15) is 36.1 Å². The van der Waals surface area contributed by atoms with Crippen molar-refractivity contribution in [2.24, 2.45) is 23.7 Å². The molecule has 378 valence electrons. The van der Waals surface area contributed by atoms with E-state index >= 15 is 0 Å². The molecule has 16 heteroatoms. The molecule has 7 heterocycles. The van der Waals surface area contributed by atoms with Crippen molar-refractivity contribution in [2.75, 3.05) is 13.2 Å². The van der Waals surface area contributed by atoms with Gasteiger partial charge in [0.15, 0.2) is 11.7 Å². The summed E-state index contributed by atoms with van der Waals surface area (Å²) in [5.41, 5.74) is 3.75. The molecule has 0 amide bonds. The lowest BCUT2D eigenvalue weighted by Gasteiger charge is -2.44. The van der Waals surface area contributed by atoms with Crippen molar-refractivity contribution in [1.82, 2.24) is 9.97 Å². The molecule has 5 aliphatic heterocycles. The Morgan fingerprint density at radius 1 is 0.971 bits per heavy atom. The van der Waals surface area contributed by atoms with Crippen LogP contribution >= 0.6 is 15.9 Å². The zero-order chi connectivity index (χ0) is 49.2. The van der Waals surface area contributed by atoms with Gasteiger partial charge in [-0.3, -0.25) is 0 Å². The quantitative estimate of drug-likeness (QED) is 0.0775. The van der Waals surface area contributed by atoms with Gasteiger partial charge < -0.3 is 58.1 Å². The van der Waals surface area contributed by atoms with E-state index in [0.29, 0.717) is 75.1 Å². The largest absolute Gasteiger partial charge is 0.458 e. The average molecular weight is 1020 g/mol. The first-order chi connectivity index (χ1) is 33.1. The fraction of sp³-hybridized carbons (Fsp3) is 0.604. The van der Waals surface area contributed by atoms with Crippen LogP contribution in [-0.4, -0.2) is 115 Å². The molecule has 4 saturated heterocycles. The van der Waals surface area contributed by atoms with Gasteiger partial charge in [0.05, 0.1) is 55.3 Å². The summed E-state index contributed by atoms with van der Waals surface area (Å²) >= 11 is 3.25. The number of rotatable bonds is 12. The summed E-state index contributed by atoms with van der Waals surface area (Å²) in [5.74, 6) is -2.50.